The Morgan fingerprint density at radius 1 is 1.47 bits per heavy atom. The first kappa shape index (κ1) is 12.5. The van der Waals surface area contributed by atoms with Gasteiger partial charge >= 0.3 is 0 Å². The first-order chi connectivity index (χ1) is 8.16. The quantitative estimate of drug-likeness (QED) is 0.869. The number of rotatable bonds is 4. The number of halogens is 1. The predicted molar refractivity (Wildman–Crippen MR) is 66.5 cm³/mol. The fourth-order valence-electron chi connectivity index (χ4n) is 2.37. The Morgan fingerprint density at radius 2 is 2.24 bits per heavy atom. The van der Waals surface area contributed by atoms with Crippen LogP contribution in [-0.2, 0) is 11.2 Å². The van der Waals surface area contributed by atoms with Gasteiger partial charge in [-0.2, -0.15) is 0 Å². The summed E-state index contributed by atoms with van der Waals surface area (Å²) in [5, 5.41) is 3.51. The van der Waals surface area contributed by atoms with Crippen molar-refractivity contribution in [2.24, 2.45) is 0 Å². The van der Waals surface area contributed by atoms with Crippen LogP contribution in [0, 0.1) is 5.82 Å². The van der Waals surface area contributed by atoms with E-state index in [-0.39, 0.29) is 18.0 Å². The third-order valence-corrected chi connectivity index (χ3v) is 3.36. The highest BCUT2D eigenvalue weighted by Crippen LogP contribution is 2.15. The number of nitrogens with one attached hydrogen (secondary N) is 1. The summed E-state index contributed by atoms with van der Waals surface area (Å²) >= 11 is 0. The van der Waals surface area contributed by atoms with Crippen LogP contribution in [-0.4, -0.2) is 24.8 Å². The summed E-state index contributed by atoms with van der Waals surface area (Å²) in [6.07, 6.45) is 2.02. The average Bonchev–Trinajstić information content (AvgIpc) is 2.68. The molecule has 0 saturated carbocycles. The van der Waals surface area contributed by atoms with Crippen molar-refractivity contribution < 1.29 is 9.13 Å². The molecule has 1 N–H and O–H groups in total. The standard InChI is InChI=1S/C14H20FNO/c1-10(16-14-7-8-17-11(14)2)9-12-5-3-4-6-13(12)15/h3-6,10-11,14,16H,7-9H2,1-2H3. The van der Waals surface area contributed by atoms with Gasteiger partial charge in [-0.25, -0.2) is 4.39 Å². The van der Waals surface area contributed by atoms with Crippen LogP contribution >= 0.6 is 0 Å². The first-order valence-electron chi connectivity index (χ1n) is 6.28. The summed E-state index contributed by atoms with van der Waals surface area (Å²) in [6, 6.07) is 7.64. The smallest absolute Gasteiger partial charge is 0.126 e. The fourth-order valence-corrected chi connectivity index (χ4v) is 2.37. The lowest BCUT2D eigenvalue weighted by atomic mass is 10.0. The maximum Gasteiger partial charge on any atom is 0.126 e. The summed E-state index contributed by atoms with van der Waals surface area (Å²) in [4.78, 5) is 0. The molecule has 0 radical (unpaired) electrons. The van der Waals surface area contributed by atoms with Gasteiger partial charge in [-0.1, -0.05) is 18.2 Å². The van der Waals surface area contributed by atoms with E-state index < -0.39 is 0 Å². The molecule has 1 aromatic rings. The zero-order chi connectivity index (χ0) is 12.3. The lowest BCUT2D eigenvalue weighted by Crippen LogP contribution is -2.41. The van der Waals surface area contributed by atoms with Crippen LogP contribution in [0.4, 0.5) is 4.39 Å². The Morgan fingerprint density at radius 3 is 2.88 bits per heavy atom. The predicted octanol–water partition coefficient (Wildman–Crippen LogP) is 2.52. The highest BCUT2D eigenvalue weighted by atomic mass is 19.1. The first-order valence-corrected chi connectivity index (χ1v) is 6.28. The Hall–Kier alpha value is -0.930. The molecule has 0 aliphatic carbocycles. The molecule has 2 nitrogen and oxygen atoms in total. The molecule has 3 heteroatoms. The monoisotopic (exact) mass is 237 g/mol. The topological polar surface area (TPSA) is 21.3 Å². The lowest BCUT2D eigenvalue weighted by Gasteiger charge is -2.21. The van der Waals surface area contributed by atoms with Gasteiger partial charge in [0, 0.05) is 18.7 Å². The van der Waals surface area contributed by atoms with Gasteiger partial charge in [0.15, 0.2) is 0 Å². The van der Waals surface area contributed by atoms with Gasteiger partial charge < -0.3 is 10.1 Å². The summed E-state index contributed by atoms with van der Waals surface area (Å²) < 4.78 is 19.0. The van der Waals surface area contributed by atoms with E-state index in [1.807, 2.05) is 12.1 Å². The second-order valence-electron chi connectivity index (χ2n) is 4.83. The maximum atomic E-state index is 13.5. The number of benzene rings is 1. The van der Waals surface area contributed by atoms with Gasteiger partial charge in [0.25, 0.3) is 0 Å². The normalized spacial score (nSPS) is 26.1. The van der Waals surface area contributed by atoms with Crippen molar-refractivity contribution in [1.82, 2.24) is 5.32 Å². The van der Waals surface area contributed by atoms with Crippen LogP contribution in [0.3, 0.4) is 0 Å². The van der Waals surface area contributed by atoms with E-state index in [1.165, 1.54) is 6.07 Å². The van der Waals surface area contributed by atoms with E-state index in [0.29, 0.717) is 6.04 Å². The maximum absolute atomic E-state index is 13.5. The molecule has 0 spiro atoms. The Balaban J connectivity index is 1.89. The zero-order valence-corrected chi connectivity index (χ0v) is 10.4. The summed E-state index contributed by atoms with van der Waals surface area (Å²) in [7, 11) is 0. The number of hydrogen-bond donors (Lipinski definition) is 1. The summed E-state index contributed by atoms with van der Waals surface area (Å²) in [5.74, 6) is -0.114. The van der Waals surface area contributed by atoms with Gasteiger partial charge in [-0.05, 0) is 38.3 Å². The van der Waals surface area contributed by atoms with Crippen molar-refractivity contribution >= 4 is 0 Å². The molecule has 0 aromatic heterocycles. The SMILES string of the molecule is CC(Cc1ccccc1F)NC1CCOC1C. The minimum Gasteiger partial charge on any atom is -0.377 e. The molecule has 3 atom stereocenters. The third-order valence-electron chi connectivity index (χ3n) is 3.36. The zero-order valence-electron chi connectivity index (χ0n) is 10.4. The van der Waals surface area contributed by atoms with Crippen LogP contribution < -0.4 is 5.32 Å². The second-order valence-corrected chi connectivity index (χ2v) is 4.83. The van der Waals surface area contributed by atoms with E-state index in [0.717, 1.165) is 25.0 Å². The fraction of sp³-hybridized carbons (Fsp3) is 0.571. The molecule has 94 valence electrons. The number of ether oxygens (including phenoxy) is 1. The molecular formula is C14H20FNO. The molecule has 17 heavy (non-hydrogen) atoms. The van der Waals surface area contributed by atoms with Crippen LogP contribution in [0.25, 0.3) is 0 Å². The Labute approximate surface area is 102 Å². The third kappa shape index (κ3) is 3.27. The molecule has 0 amide bonds. The Kier molecular flexibility index (Phi) is 4.13. The summed E-state index contributed by atoms with van der Waals surface area (Å²) in [5.41, 5.74) is 0.777. The van der Waals surface area contributed by atoms with Gasteiger partial charge in [-0.3, -0.25) is 0 Å². The molecule has 1 aliphatic rings. The minimum atomic E-state index is -0.114. The van der Waals surface area contributed by atoms with E-state index in [9.17, 15) is 4.39 Å². The second kappa shape index (κ2) is 5.61. The van der Waals surface area contributed by atoms with Gasteiger partial charge in [0.2, 0.25) is 0 Å². The molecule has 0 bridgehead atoms. The molecule has 2 rings (SSSR count). The van der Waals surface area contributed by atoms with Crippen LogP contribution in [0.15, 0.2) is 24.3 Å². The van der Waals surface area contributed by atoms with Crippen LogP contribution in [0.1, 0.15) is 25.8 Å². The van der Waals surface area contributed by atoms with Crippen molar-refractivity contribution in [3.05, 3.63) is 35.6 Å². The molecule has 1 aromatic carbocycles. The summed E-state index contributed by atoms with van der Waals surface area (Å²) in [6.45, 7) is 5.00. The molecule has 1 heterocycles. The van der Waals surface area contributed by atoms with Crippen LogP contribution in [0.5, 0.6) is 0 Å². The van der Waals surface area contributed by atoms with E-state index in [4.69, 9.17) is 4.74 Å². The van der Waals surface area contributed by atoms with Crippen LogP contribution in [0.2, 0.25) is 0 Å². The molecular weight excluding hydrogens is 217 g/mol. The van der Waals surface area contributed by atoms with Gasteiger partial charge in [0.1, 0.15) is 5.82 Å². The van der Waals surface area contributed by atoms with E-state index >= 15 is 0 Å². The van der Waals surface area contributed by atoms with Crippen molar-refractivity contribution in [2.75, 3.05) is 6.61 Å². The molecule has 1 saturated heterocycles. The van der Waals surface area contributed by atoms with Gasteiger partial charge in [0.05, 0.1) is 6.10 Å². The average molecular weight is 237 g/mol. The molecule has 3 unspecified atom stereocenters. The van der Waals surface area contributed by atoms with Crippen molar-refractivity contribution in [2.45, 2.75) is 44.9 Å². The van der Waals surface area contributed by atoms with Crippen molar-refractivity contribution in [3.63, 3.8) is 0 Å². The number of hydrogen-bond acceptors (Lipinski definition) is 2. The van der Waals surface area contributed by atoms with Crippen molar-refractivity contribution in [1.29, 1.82) is 0 Å². The Bertz CT molecular complexity index is 369. The van der Waals surface area contributed by atoms with E-state index in [2.05, 4.69) is 19.2 Å². The largest absolute Gasteiger partial charge is 0.377 e. The van der Waals surface area contributed by atoms with Crippen molar-refractivity contribution in [3.8, 4) is 0 Å². The molecule has 1 aliphatic heterocycles. The lowest BCUT2D eigenvalue weighted by molar-refractivity contribution is 0.111. The highest BCUT2D eigenvalue weighted by Gasteiger charge is 2.25. The highest BCUT2D eigenvalue weighted by molar-refractivity contribution is 5.18. The van der Waals surface area contributed by atoms with E-state index in [1.54, 1.807) is 6.07 Å². The molecule has 1 fully saturated rings. The van der Waals surface area contributed by atoms with Gasteiger partial charge in [-0.15, -0.1) is 0 Å². The minimum absolute atomic E-state index is 0.114.